The van der Waals surface area contributed by atoms with Crippen molar-refractivity contribution in [3.63, 3.8) is 0 Å². The maximum atomic E-state index is 13.4. The van der Waals surface area contributed by atoms with Gasteiger partial charge in [0.15, 0.2) is 0 Å². The number of hydrogen-bond acceptors (Lipinski definition) is 4. The summed E-state index contributed by atoms with van der Waals surface area (Å²) in [7, 11) is 0. The Balaban J connectivity index is 1.37. The molecule has 33 heavy (non-hydrogen) atoms. The maximum absolute atomic E-state index is 13.4. The molecule has 1 fully saturated rings. The van der Waals surface area contributed by atoms with Gasteiger partial charge in [-0.1, -0.05) is 29.8 Å². The van der Waals surface area contributed by atoms with Gasteiger partial charge in [-0.3, -0.25) is 19.4 Å². The second kappa shape index (κ2) is 8.67. The van der Waals surface area contributed by atoms with Crippen molar-refractivity contribution in [2.24, 2.45) is 0 Å². The molecule has 2 aliphatic rings. The van der Waals surface area contributed by atoms with Crippen molar-refractivity contribution in [1.29, 1.82) is 0 Å². The fourth-order valence-electron chi connectivity index (χ4n) is 4.38. The molecule has 3 heterocycles. The van der Waals surface area contributed by atoms with E-state index in [0.29, 0.717) is 41.2 Å². The zero-order valence-electron chi connectivity index (χ0n) is 17.6. The number of piperidine rings is 1. The van der Waals surface area contributed by atoms with Gasteiger partial charge in [0.2, 0.25) is 5.91 Å². The number of benzene rings is 2. The van der Waals surface area contributed by atoms with Gasteiger partial charge in [-0.05, 0) is 60.4 Å². The number of amides is 3. The second-order valence-corrected chi connectivity index (χ2v) is 8.64. The first kappa shape index (κ1) is 21.2. The van der Waals surface area contributed by atoms with Crippen molar-refractivity contribution in [2.75, 3.05) is 11.9 Å². The summed E-state index contributed by atoms with van der Waals surface area (Å²) in [5.41, 5.74) is 3.21. The Bertz CT molecular complexity index is 1230. The third-order valence-electron chi connectivity index (χ3n) is 6.11. The summed E-state index contributed by atoms with van der Waals surface area (Å²) in [4.78, 5) is 44.5. The van der Waals surface area contributed by atoms with Crippen LogP contribution in [0.1, 0.15) is 33.6 Å². The van der Waals surface area contributed by atoms with Crippen LogP contribution in [0.5, 0.6) is 0 Å². The van der Waals surface area contributed by atoms with Gasteiger partial charge in [0.05, 0.1) is 16.8 Å². The molecule has 0 radical (unpaired) electrons. The first-order valence-electron chi connectivity index (χ1n) is 10.7. The van der Waals surface area contributed by atoms with E-state index in [-0.39, 0.29) is 23.8 Å². The number of carbonyl (C=O) groups is 3. The monoisotopic (exact) mass is 460 g/mol. The number of carbonyl (C=O) groups excluding carboxylic acids is 3. The number of hydrogen-bond donors (Lipinski definition) is 2. The largest absolute Gasteiger partial charge is 0.349 e. The molecule has 3 amide bonds. The first-order valence-corrected chi connectivity index (χ1v) is 11.1. The maximum Gasteiger partial charge on any atom is 0.256 e. The van der Waals surface area contributed by atoms with E-state index in [0.717, 1.165) is 11.1 Å². The molecule has 3 aromatic rings. The summed E-state index contributed by atoms with van der Waals surface area (Å²) < 4.78 is 0. The Hall–Kier alpha value is -3.71. The van der Waals surface area contributed by atoms with Crippen LogP contribution in [0.4, 0.5) is 5.69 Å². The second-order valence-electron chi connectivity index (χ2n) is 8.21. The van der Waals surface area contributed by atoms with Gasteiger partial charge in [-0.25, -0.2) is 0 Å². The van der Waals surface area contributed by atoms with Crippen molar-refractivity contribution in [2.45, 2.75) is 24.9 Å². The van der Waals surface area contributed by atoms with E-state index >= 15 is 0 Å². The number of fused-ring (bicyclic) bond motifs is 2. The Morgan fingerprint density at radius 2 is 1.88 bits per heavy atom. The highest BCUT2D eigenvalue weighted by Crippen LogP contribution is 2.32. The van der Waals surface area contributed by atoms with Crippen LogP contribution < -0.4 is 10.6 Å². The lowest BCUT2D eigenvalue weighted by Crippen LogP contribution is -2.55. The Kier molecular flexibility index (Phi) is 5.56. The van der Waals surface area contributed by atoms with Crippen LogP contribution in [0.3, 0.4) is 0 Å². The quantitative estimate of drug-likeness (QED) is 0.622. The third kappa shape index (κ3) is 4.19. The average Bonchev–Trinajstić information content (AvgIpc) is 2.94. The van der Waals surface area contributed by atoms with Crippen LogP contribution in [0.25, 0.3) is 11.1 Å². The number of anilines is 1. The van der Waals surface area contributed by atoms with Gasteiger partial charge in [-0.2, -0.15) is 0 Å². The number of nitrogens with zero attached hydrogens (tertiary/aromatic N) is 2. The minimum atomic E-state index is -0.656. The highest BCUT2D eigenvalue weighted by molar-refractivity contribution is 6.30. The Morgan fingerprint density at radius 1 is 1.09 bits per heavy atom. The molecule has 0 unspecified atom stereocenters. The van der Waals surface area contributed by atoms with Crippen LogP contribution in [0.15, 0.2) is 67.0 Å². The lowest BCUT2D eigenvalue weighted by molar-refractivity contribution is -0.121. The fourth-order valence-corrected chi connectivity index (χ4v) is 4.50. The Morgan fingerprint density at radius 3 is 2.64 bits per heavy atom. The van der Waals surface area contributed by atoms with Crippen LogP contribution in [0, 0.1) is 0 Å². The molecule has 0 bridgehead atoms. The average molecular weight is 461 g/mol. The topological polar surface area (TPSA) is 91.4 Å². The van der Waals surface area contributed by atoms with Crippen LogP contribution in [0.2, 0.25) is 5.02 Å². The Labute approximate surface area is 195 Å². The molecule has 7 nitrogen and oxygen atoms in total. The van der Waals surface area contributed by atoms with E-state index in [1.165, 1.54) is 6.20 Å². The molecular formula is C25H21ClN4O3. The molecular weight excluding hydrogens is 440 g/mol. The lowest BCUT2D eigenvalue weighted by atomic mass is 9.95. The molecule has 166 valence electrons. The predicted octanol–water partition coefficient (Wildman–Crippen LogP) is 3.76. The molecule has 0 aliphatic carbocycles. The molecule has 5 rings (SSSR count). The van der Waals surface area contributed by atoms with Gasteiger partial charge in [0.1, 0.15) is 6.04 Å². The van der Waals surface area contributed by atoms with E-state index in [9.17, 15) is 14.4 Å². The van der Waals surface area contributed by atoms with E-state index < -0.39 is 6.04 Å². The molecule has 2 aliphatic heterocycles. The minimum absolute atomic E-state index is 0.193. The standard InChI is InChI=1S/C25H21ClN4O3/c26-18-6-3-15(4-7-18)16-5-8-21-20(12-16)25(33)30-11-9-19(13-22(30)24(32)29-21)28-23(31)17-2-1-10-27-14-17/h1-8,10,12,14,19,22H,9,11,13H2,(H,28,31)(H,29,32)/t19-,22+/m1/s1. The molecule has 2 N–H and O–H groups in total. The number of pyridine rings is 1. The molecule has 2 atom stereocenters. The third-order valence-corrected chi connectivity index (χ3v) is 6.36. The fraction of sp³-hybridized carbons (Fsp3) is 0.200. The van der Waals surface area contributed by atoms with Gasteiger partial charge in [0.25, 0.3) is 11.8 Å². The van der Waals surface area contributed by atoms with Crippen LogP contribution in [-0.2, 0) is 4.79 Å². The lowest BCUT2D eigenvalue weighted by Gasteiger charge is -2.37. The van der Waals surface area contributed by atoms with Gasteiger partial charge in [0, 0.05) is 30.0 Å². The normalized spacial score (nSPS) is 19.7. The van der Waals surface area contributed by atoms with Crippen molar-refractivity contribution in [1.82, 2.24) is 15.2 Å². The van der Waals surface area contributed by atoms with E-state index in [1.807, 2.05) is 18.2 Å². The summed E-state index contributed by atoms with van der Waals surface area (Å²) in [6, 6.07) is 15.3. The summed E-state index contributed by atoms with van der Waals surface area (Å²) in [6.45, 7) is 0.375. The summed E-state index contributed by atoms with van der Waals surface area (Å²) in [5, 5.41) is 6.51. The first-order chi connectivity index (χ1) is 16.0. The van der Waals surface area contributed by atoms with Gasteiger partial charge >= 0.3 is 0 Å². The summed E-state index contributed by atoms with van der Waals surface area (Å²) >= 11 is 5.99. The van der Waals surface area contributed by atoms with Crippen molar-refractivity contribution < 1.29 is 14.4 Å². The van der Waals surface area contributed by atoms with Crippen LogP contribution in [-0.4, -0.2) is 46.2 Å². The van der Waals surface area contributed by atoms with Crippen LogP contribution >= 0.6 is 11.6 Å². The molecule has 2 aromatic carbocycles. The summed E-state index contributed by atoms with van der Waals surface area (Å²) in [6.07, 6.45) is 4.02. The SMILES string of the molecule is O=C(N[C@@H]1CCN2C(=O)c3cc(-c4ccc(Cl)cc4)ccc3NC(=O)[C@@H]2C1)c1cccnc1. The van der Waals surface area contributed by atoms with Gasteiger partial charge in [-0.15, -0.1) is 0 Å². The smallest absolute Gasteiger partial charge is 0.256 e. The van der Waals surface area contributed by atoms with Crippen molar-refractivity contribution in [3.8, 4) is 11.1 Å². The summed E-state index contributed by atoms with van der Waals surface area (Å²) in [5.74, 6) is -0.680. The molecule has 0 saturated carbocycles. The van der Waals surface area contributed by atoms with Crippen molar-refractivity contribution in [3.05, 3.63) is 83.1 Å². The number of nitrogens with one attached hydrogen (secondary N) is 2. The molecule has 1 saturated heterocycles. The predicted molar refractivity (Wildman–Crippen MR) is 125 cm³/mol. The van der Waals surface area contributed by atoms with Crippen molar-refractivity contribution >= 4 is 35.0 Å². The van der Waals surface area contributed by atoms with E-state index in [1.54, 1.807) is 47.5 Å². The zero-order chi connectivity index (χ0) is 22.9. The van der Waals surface area contributed by atoms with E-state index in [4.69, 9.17) is 11.6 Å². The highest BCUT2D eigenvalue weighted by atomic mass is 35.5. The highest BCUT2D eigenvalue weighted by Gasteiger charge is 2.40. The molecule has 8 heteroatoms. The molecule has 0 spiro atoms. The minimum Gasteiger partial charge on any atom is -0.349 e. The molecule has 1 aromatic heterocycles. The van der Waals surface area contributed by atoms with Gasteiger partial charge < -0.3 is 15.5 Å². The number of aromatic nitrogens is 1. The van der Waals surface area contributed by atoms with E-state index in [2.05, 4.69) is 15.6 Å². The number of halogens is 1. The zero-order valence-corrected chi connectivity index (χ0v) is 18.4. The number of rotatable bonds is 3.